The van der Waals surface area contributed by atoms with Crippen LogP contribution in [0.25, 0.3) is 10.2 Å². The van der Waals surface area contributed by atoms with E-state index in [4.69, 9.17) is 0 Å². The van der Waals surface area contributed by atoms with Crippen molar-refractivity contribution in [2.24, 2.45) is 0 Å². The Balaban J connectivity index is 1.79. The third kappa shape index (κ3) is 3.77. The summed E-state index contributed by atoms with van der Waals surface area (Å²) in [5, 5.41) is 0.536. The maximum absolute atomic E-state index is 13.6. The number of hydrogen-bond acceptors (Lipinski definition) is 4. The van der Waals surface area contributed by atoms with Crippen LogP contribution in [0.15, 0.2) is 60.9 Å². The van der Waals surface area contributed by atoms with E-state index in [0.29, 0.717) is 27.5 Å². The molecule has 0 aliphatic heterocycles. The lowest BCUT2D eigenvalue weighted by atomic mass is 10.1. The zero-order valence-electron chi connectivity index (χ0n) is 15.5. The van der Waals surface area contributed by atoms with Gasteiger partial charge >= 0.3 is 0 Å². The number of halogens is 1. The molecule has 0 unspecified atom stereocenters. The predicted molar refractivity (Wildman–Crippen MR) is 110 cm³/mol. The molecular weight excluding hydrogens is 373 g/mol. The van der Waals surface area contributed by atoms with E-state index in [2.05, 4.69) is 9.97 Å². The molecule has 0 spiro atoms. The Labute approximate surface area is 166 Å². The minimum atomic E-state index is -0.317. The van der Waals surface area contributed by atoms with Gasteiger partial charge in [-0.1, -0.05) is 34.6 Å². The zero-order valence-corrected chi connectivity index (χ0v) is 16.3. The number of benzene rings is 2. The third-order valence-electron chi connectivity index (χ3n) is 4.35. The highest BCUT2D eigenvalue weighted by atomic mass is 32.1. The molecule has 4 aromatic rings. The van der Waals surface area contributed by atoms with Gasteiger partial charge < -0.3 is 0 Å². The Morgan fingerprint density at radius 2 is 1.89 bits per heavy atom. The number of fused-ring (bicyclic) bond motifs is 1. The number of rotatable bonds is 4. The fourth-order valence-corrected chi connectivity index (χ4v) is 4.14. The predicted octanol–water partition coefficient (Wildman–Crippen LogP) is 5.29. The van der Waals surface area contributed by atoms with Crippen LogP contribution in [0.2, 0.25) is 0 Å². The molecule has 2 aromatic heterocycles. The number of nitrogens with zero attached hydrogens (tertiary/aromatic N) is 3. The van der Waals surface area contributed by atoms with Gasteiger partial charge in [0.25, 0.3) is 5.91 Å². The van der Waals surface area contributed by atoms with E-state index in [9.17, 15) is 9.18 Å². The summed E-state index contributed by atoms with van der Waals surface area (Å²) in [6.07, 6.45) is 3.43. The molecule has 4 nitrogen and oxygen atoms in total. The minimum Gasteiger partial charge on any atom is -0.279 e. The summed E-state index contributed by atoms with van der Waals surface area (Å²) in [5.74, 6) is -0.461. The molecular formula is C22H18FN3OS. The Kier molecular flexibility index (Phi) is 4.88. The molecule has 2 aromatic carbocycles. The SMILES string of the molecule is Cc1cc(C)cc(C(=O)N(Cc2cccnc2)c2nc3ccc(F)cc3s2)c1. The van der Waals surface area contributed by atoms with E-state index < -0.39 is 0 Å². The van der Waals surface area contributed by atoms with Gasteiger partial charge in [-0.15, -0.1) is 0 Å². The topological polar surface area (TPSA) is 46.1 Å². The highest BCUT2D eigenvalue weighted by Crippen LogP contribution is 2.31. The van der Waals surface area contributed by atoms with Crippen molar-refractivity contribution in [1.29, 1.82) is 0 Å². The number of aromatic nitrogens is 2. The molecule has 140 valence electrons. The van der Waals surface area contributed by atoms with E-state index in [-0.39, 0.29) is 11.7 Å². The van der Waals surface area contributed by atoms with Crippen LogP contribution in [-0.4, -0.2) is 15.9 Å². The van der Waals surface area contributed by atoms with Gasteiger partial charge in [-0.2, -0.15) is 0 Å². The first-order chi connectivity index (χ1) is 13.5. The number of pyridine rings is 1. The first-order valence-electron chi connectivity index (χ1n) is 8.85. The van der Waals surface area contributed by atoms with Gasteiger partial charge in [0.15, 0.2) is 5.13 Å². The van der Waals surface area contributed by atoms with Gasteiger partial charge in [0.05, 0.1) is 16.8 Å². The van der Waals surface area contributed by atoms with Crippen LogP contribution >= 0.6 is 11.3 Å². The summed E-state index contributed by atoms with van der Waals surface area (Å²) >= 11 is 1.30. The number of amides is 1. The molecule has 0 N–H and O–H groups in total. The van der Waals surface area contributed by atoms with Crippen molar-refractivity contribution in [2.45, 2.75) is 20.4 Å². The van der Waals surface area contributed by atoms with E-state index in [1.54, 1.807) is 23.4 Å². The largest absolute Gasteiger partial charge is 0.279 e. The second-order valence-corrected chi connectivity index (χ2v) is 7.75. The molecule has 0 bridgehead atoms. The second kappa shape index (κ2) is 7.48. The quantitative estimate of drug-likeness (QED) is 0.475. The van der Waals surface area contributed by atoms with E-state index in [1.165, 1.54) is 23.5 Å². The number of hydrogen-bond donors (Lipinski definition) is 0. The van der Waals surface area contributed by atoms with E-state index >= 15 is 0 Å². The van der Waals surface area contributed by atoms with Gasteiger partial charge in [-0.05, 0) is 55.8 Å². The van der Waals surface area contributed by atoms with Gasteiger partial charge in [0.1, 0.15) is 5.82 Å². The first-order valence-corrected chi connectivity index (χ1v) is 9.66. The standard InChI is InChI=1S/C22H18FN3OS/c1-14-8-15(2)10-17(9-14)21(27)26(13-16-4-3-7-24-12-16)22-25-19-6-5-18(23)11-20(19)28-22/h3-12H,13H2,1-2H3. The van der Waals surface area contributed by atoms with Gasteiger partial charge in [-0.25, -0.2) is 9.37 Å². The molecule has 0 aliphatic rings. The van der Waals surface area contributed by atoms with Crippen LogP contribution in [0.5, 0.6) is 0 Å². The Bertz CT molecular complexity index is 1140. The lowest BCUT2D eigenvalue weighted by molar-refractivity contribution is 0.0985. The molecule has 0 saturated heterocycles. The highest BCUT2D eigenvalue weighted by Gasteiger charge is 2.22. The highest BCUT2D eigenvalue weighted by molar-refractivity contribution is 7.22. The Morgan fingerprint density at radius 3 is 2.61 bits per heavy atom. The molecule has 0 radical (unpaired) electrons. The van der Waals surface area contributed by atoms with Crippen molar-refractivity contribution in [3.8, 4) is 0 Å². The van der Waals surface area contributed by atoms with Crippen LogP contribution in [0.3, 0.4) is 0 Å². The van der Waals surface area contributed by atoms with Gasteiger partial charge in [-0.3, -0.25) is 14.7 Å². The van der Waals surface area contributed by atoms with Crippen molar-refractivity contribution < 1.29 is 9.18 Å². The molecule has 6 heteroatoms. The first kappa shape index (κ1) is 18.3. The summed E-state index contributed by atoms with van der Waals surface area (Å²) in [4.78, 5) is 23.7. The molecule has 0 saturated carbocycles. The molecule has 4 rings (SSSR count). The van der Waals surface area contributed by atoms with Crippen molar-refractivity contribution in [3.05, 3.63) is 89.0 Å². The Morgan fingerprint density at radius 1 is 1.11 bits per heavy atom. The number of carbonyl (C=O) groups is 1. The number of aryl methyl sites for hydroxylation is 2. The molecule has 0 fully saturated rings. The molecule has 0 atom stereocenters. The molecule has 2 heterocycles. The van der Waals surface area contributed by atoms with Crippen LogP contribution in [0.4, 0.5) is 9.52 Å². The van der Waals surface area contributed by atoms with Crippen molar-refractivity contribution in [3.63, 3.8) is 0 Å². The van der Waals surface area contributed by atoms with Crippen molar-refractivity contribution >= 4 is 32.6 Å². The molecule has 1 amide bonds. The van der Waals surface area contributed by atoms with E-state index in [0.717, 1.165) is 16.7 Å². The molecule has 0 aliphatic carbocycles. The van der Waals surface area contributed by atoms with Crippen molar-refractivity contribution in [2.75, 3.05) is 4.90 Å². The average molecular weight is 391 g/mol. The van der Waals surface area contributed by atoms with Crippen LogP contribution < -0.4 is 4.90 Å². The normalized spacial score (nSPS) is 11.0. The van der Waals surface area contributed by atoms with E-state index in [1.807, 2.05) is 44.2 Å². The van der Waals surface area contributed by atoms with Crippen molar-refractivity contribution in [1.82, 2.24) is 9.97 Å². The number of anilines is 1. The summed E-state index contributed by atoms with van der Waals surface area (Å²) in [6, 6.07) is 14.0. The summed E-state index contributed by atoms with van der Waals surface area (Å²) in [7, 11) is 0. The second-order valence-electron chi connectivity index (χ2n) is 6.74. The fraction of sp³-hybridized carbons (Fsp3) is 0.136. The van der Waals surface area contributed by atoms with Crippen LogP contribution in [-0.2, 0) is 6.54 Å². The van der Waals surface area contributed by atoms with Crippen LogP contribution in [0, 0.1) is 19.7 Å². The van der Waals surface area contributed by atoms with Gasteiger partial charge in [0.2, 0.25) is 0 Å². The maximum Gasteiger partial charge on any atom is 0.260 e. The summed E-state index contributed by atoms with van der Waals surface area (Å²) in [6.45, 7) is 4.27. The summed E-state index contributed by atoms with van der Waals surface area (Å²) < 4.78 is 14.3. The zero-order chi connectivity index (χ0) is 19.7. The maximum atomic E-state index is 13.6. The lowest BCUT2D eigenvalue weighted by Crippen LogP contribution is -2.30. The van der Waals surface area contributed by atoms with Crippen LogP contribution in [0.1, 0.15) is 27.0 Å². The third-order valence-corrected chi connectivity index (χ3v) is 5.39. The monoisotopic (exact) mass is 391 g/mol. The smallest absolute Gasteiger partial charge is 0.260 e. The summed E-state index contributed by atoms with van der Waals surface area (Å²) in [5.41, 5.74) is 4.22. The minimum absolute atomic E-state index is 0.143. The number of carbonyl (C=O) groups excluding carboxylic acids is 1. The Hall–Kier alpha value is -3.12. The number of thiazole rings is 1. The lowest BCUT2D eigenvalue weighted by Gasteiger charge is -2.20. The average Bonchev–Trinajstić information content (AvgIpc) is 3.08. The van der Waals surface area contributed by atoms with Gasteiger partial charge in [0, 0.05) is 18.0 Å². The molecule has 28 heavy (non-hydrogen) atoms. The fourth-order valence-electron chi connectivity index (χ4n) is 3.16.